The van der Waals surface area contributed by atoms with Crippen LogP contribution in [-0.4, -0.2) is 38.0 Å². The van der Waals surface area contributed by atoms with Crippen molar-refractivity contribution < 1.29 is 48.3 Å². The standard InChI is InChI=1S/C23H19Cl2F8NO3S/c1-3-38(36,37)10-11(2)34-21(35)14-5-4-12(6-16(14)23(31,32)33)19(26)9-15(22(28,29)30)13-7-17(24)20(27)18(25)8-13/h4-9,11,15H,3,10H2,1-2H3,(H,34,35)/b19-9-. The minimum absolute atomic E-state index is 0.0349. The fraction of sp³-hybridized carbons (Fsp3) is 0.348. The van der Waals surface area contributed by atoms with Crippen LogP contribution in [0, 0.1) is 5.82 Å². The average Bonchev–Trinajstić information content (AvgIpc) is 2.78. The van der Waals surface area contributed by atoms with E-state index < -0.39 is 89.8 Å². The summed E-state index contributed by atoms with van der Waals surface area (Å²) < 4.78 is 134. The van der Waals surface area contributed by atoms with Crippen LogP contribution in [0.1, 0.15) is 46.8 Å². The van der Waals surface area contributed by atoms with Crippen LogP contribution in [0.5, 0.6) is 0 Å². The Morgan fingerprint density at radius 2 is 1.61 bits per heavy atom. The molecule has 15 heteroatoms. The van der Waals surface area contributed by atoms with E-state index in [0.29, 0.717) is 24.3 Å². The Labute approximate surface area is 222 Å². The summed E-state index contributed by atoms with van der Waals surface area (Å²) in [6.45, 7) is 2.59. The topological polar surface area (TPSA) is 63.2 Å². The van der Waals surface area contributed by atoms with E-state index in [2.05, 4.69) is 5.32 Å². The van der Waals surface area contributed by atoms with Gasteiger partial charge in [0.25, 0.3) is 5.91 Å². The lowest BCUT2D eigenvalue weighted by Crippen LogP contribution is -2.38. The Hall–Kier alpha value is -2.38. The number of allylic oxidation sites excluding steroid dienone is 1. The molecule has 0 aliphatic carbocycles. The largest absolute Gasteiger partial charge is 0.417 e. The first-order valence-electron chi connectivity index (χ1n) is 10.6. The summed E-state index contributed by atoms with van der Waals surface area (Å²) in [5, 5.41) is 0.534. The average molecular weight is 612 g/mol. The number of carbonyl (C=O) groups excluding carboxylic acids is 1. The van der Waals surface area contributed by atoms with Gasteiger partial charge in [0.2, 0.25) is 0 Å². The molecule has 0 aromatic heterocycles. The molecule has 0 spiro atoms. The van der Waals surface area contributed by atoms with Crippen molar-refractivity contribution in [1.82, 2.24) is 5.32 Å². The summed E-state index contributed by atoms with van der Waals surface area (Å²) >= 11 is 11.1. The van der Waals surface area contributed by atoms with Crippen LogP contribution in [0.25, 0.3) is 5.83 Å². The SMILES string of the molecule is CCS(=O)(=O)CC(C)NC(=O)c1ccc(/C(F)=C/C(c2cc(Cl)c(F)c(Cl)c2)C(F)(F)F)cc1C(F)(F)F. The molecule has 2 aromatic carbocycles. The van der Waals surface area contributed by atoms with Gasteiger partial charge in [-0.1, -0.05) is 36.2 Å². The van der Waals surface area contributed by atoms with Crippen molar-refractivity contribution in [2.24, 2.45) is 0 Å². The second-order valence-electron chi connectivity index (χ2n) is 8.16. The Kier molecular flexibility index (Phi) is 9.87. The van der Waals surface area contributed by atoms with Crippen molar-refractivity contribution in [3.8, 4) is 0 Å². The Balaban J connectivity index is 2.52. The molecular formula is C23H19Cl2F8NO3S. The van der Waals surface area contributed by atoms with Crippen molar-refractivity contribution in [3.63, 3.8) is 0 Å². The summed E-state index contributed by atoms with van der Waals surface area (Å²) in [5.41, 5.74) is -4.38. The quantitative estimate of drug-likeness (QED) is 0.250. The maximum atomic E-state index is 14.9. The van der Waals surface area contributed by atoms with E-state index in [1.54, 1.807) is 0 Å². The van der Waals surface area contributed by atoms with Crippen LogP contribution in [-0.2, 0) is 16.0 Å². The molecule has 2 aromatic rings. The third-order valence-corrected chi connectivity index (χ3v) is 7.64. The predicted octanol–water partition coefficient (Wildman–Crippen LogP) is 7.36. The van der Waals surface area contributed by atoms with Crippen LogP contribution in [0.2, 0.25) is 10.0 Å². The molecule has 2 unspecified atom stereocenters. The first kappa shape index (κ1) is 31.8. The van der Waals surface area contributed by atoms with Crippen molar-refractivity contribution in [3.05, 3.63) is 74.5 Å². The molecule has 0 bridgehead atoms. The zero-order chi connectivity index (χ0) is 29.2. The molecule has 4 nitrogen and oxygen atoms in total. The fourth-order valence-corrected chi connectivity index (χ4v) is 4.93. The first-order chi connectivity index (χ1) is 17.3. The Bertz CT molecular complexity index is 1320. The van der Waals surface area contributed by atoms with Crippen LogP contribution < -0.4 is 5.32 Å². The van der Waals surface area contributed by atoms with E-state index in [1.807, 2.05) is 0 Å². The van der Waals surface area contributed by atoms with Gasteiger partial charge in [0.1, 0.15) is 11.7 Å². The Morgan fingerprint density at radius 3 is 2.08 bits per heavy atom. The second-order valence-corrected chi connectivity index (χ2v) is 11.4. The third-order valence-electron chi connectivity index (χ3n) is 5.20. The molecule has 2 rings (SSSR count). The number of carbonyl (C=O) groups is 1. The smallest absolute Gasteiger partial charge is 0.349 e. The number of halogens is 10. The summed E-state index contributed by atoms with van der Waals surface area (Å²) in [5.74, 6) is -7.86. The molecule has 210 valence electrons. The number of rotatable bonds is 8. The highest BCUT2D eigenvalue weighted by atomic mass is 35.5. The molecule has 0 radical (unpaired) electrons. The van der Waals surface area contributed by atoms with Crippen molar-refractivity contribution in [1.29, 1.82) is 0 Å². The lowest BCUT2D eigenvalue weighted by atomic mass is 9.95. The lowest BCUT2D eigenvalue weighted by Gasteiger charge is -2.19. The molecule has 38 heavy (non-hydrogen) atoms. The molecule has 0 saturated carbocycles. The van der Waals surface area contributed by atoms with Crippen LogP contribution in [0.3, 0.4) is 0 Å². The first-order valence-corrected chi connectivity index (χ1v) is 13.2. The van der Waals surface area contributed by atoms with Gasteiger partial charge in [-0.15, -0.1) is 0 Å². The minimum Gasteiger partial charge on any atom is -0.349 e. The highest BCUT2D eigenvalue weighted by molar-refractivity contribution is 7.91. The zero-order valence-electron chi connectivity index (χ0n) is 19.4. The number of alkyl halides is 6. The highest BCUT2D eigenvalue weighted by Crippen LogP contribution is 2.41. The number of hydrogen-bond donors (Lipinski definition) is 1. The van der Waals surface area contributed by atoms with E-state index in [-0.39, 0.29) is 17.9 Å². The van der Waals surface area contributed by atoms with E-state index >= 15 is 0 Å². The molecular weight excluding hydrogens is 593 g/mol. The normalized spacial score (nSPS) is 14.8. The molecule has 0 fully saturated rings. The molecule has 1 N–H and O–H groups in total. The number of amides is 1. The van der Waals surface area contributed by atoms with Crippen LogP contribution in [0.15, 0.2) is 36.4 Å². The van der Waals surface area contributed by atoms with Crippen molar-refractivity contribution >= 4 is 44.8 Å². The lowest BCUT2D eigenvalue weighted by molar-refractivity contribution is -0.140. The molecule has 0 aliphatic heterocycles. The number of hydrogen-bond acceptors (Lipinski definition) is 3. The molecule has 0 heterocycles. The van der Waals surface area contributed by atoms with E-state index in [1.165, 1.54) is 13.8 Å². The van der Waals surface area contributed by atoms with Gasteiger partial charge < -0.3 is 5.32 Å². The summed E-state index contributed by atoms with van der Waals surface area (Å²) in [7, 11) is -3.58. The van der Waals surface area contributed by atoms with Crippen molar-refractivity contribution in [2.75, 3.05) is 11.5 Å². The number of sulfone groups is 1. The van der Waals surface area contributed by atoms with E-state index in [4.69, 9.17) is 23.2 Å². The number of benzene rings is 2. The summed E-state index contributed by atoms with van der Waals surface area (Å²) in [6.07, 6.45) is -10.4. The minimum atomic E-state index is -5.23. The second kappa shape index (κ2) is 11.8. The van der Waals surface area contributed by atoms with Gasteiger partial charge >= 0.3 is 12.4 Å². The van der Waals surface area contributed by atoms with Crippen LogP contribution in [0.4, 0.5) is 35.1 Å². The summed E-state index contributed by atoms with van der Waals surface area (Å²) in [4.78, 5) is 12.4. The third kappa shape index (κ3) is 8.06. The van der Waals surface area contributed by atoms with Gasteiger partial charge in [-0.05, 0) is 42.8 Å². The Morgan fingerprint density at radius 1 is 1.05 bits per heavy atom. The van der Waals surface area contributed by atoms with Gasteiger partial charge in [0, 0.05) is 17.4 Å². The molecule has 1 amide bonds. The molecule has 2 atom stereocenters. The fourth-order valence-electron chi connectivity index (χ4n) is 3.34. The maximum absolute atomic E-state index is 14.9. The monoisotopic (exact) mass is 611 g/mol. The van der Waals surface area contributed by atoms with Gasteiger partial charge in [-0.3, -0.25) is 4.79 Å². The van der Waals surface area contributed by atoms with Gasteiger partial charge in [-0.25, -0.2) is 17.2 Å². The van der Waals surface area contributed by atoms with Crippen molar-refractivity contribution in [2.45, 2.75) is 38.2 Å². The van der Waals surface area contributed by atoms with Gasteiger partial charge in [0.05, 0.1) is 26.9 Å². The molecule has 0 aliphatic rings. The van der Waals surface area contributed by atoms with Crippen LogP contribution >= 0.6 is 23.2 Å². The van der Waals surface area contributed by atoms with Gasteiger partial charge in [0.15, 0.2) is 15.7 Å². The zero-order valence-corrected chi connectivity index (χ0v) is 21.8. The maximum Gasteiger partial charge on any atom is 0.417 e. The predicted molar refractivity (Wildman–Crippen MR) is 127 cm³/mol. The number of nitrogens with one attached hydrogen (secondary N) is 1. The summed E-state index contributed by atoms with van der Waals surface area (Å²) in [6, 6.07) is 1.38. The van der Waals surface area contributed by atoms with E-state index in [9.17, 15) is 48.3 Å². The molecule has 0 saturated heterocycles. The van der Waals surface area contributed by atoms with Gasteiger partial charge in [-0.2, -0.15) is 26.3 Å². The van der Waals surface area contributed by atoms with E-state index in [0.717, 1.165) is 0 Å². The highest BCUT2D eigenvalue weighted by Gasteiger charge is 2.41.